The van der Waals surface area contributed by atoms with Crippen LogP contribution in [0.25, 0.3) is 0 Å². The van der Waals surface area contributed by atoms with Gasteiger partial charge in [0.1, 0.15) is 5.82 Å². The van der Waals surface area contributed by atoms with Crippen molar-refractivity contribution < 1.29 is 4.39 Å². The van der Waals surface area contributed by atoms with Gasteiger partial charge in [0, 0.05) is 12.7 Å². The summed E-state index contributed by atoms with van der Waals surface area (Å²) in [5.41, 5.74) is 5.48. The minimum absolute atomic E-state index is 0.155. The van der Waals surface area contributed by atoms with Gasteiger partial charge in [0.2, 0.25) is 0 Å². The Morgan fingerprint density at radius 1 is 1.53 bits per heavy atom. The van der Waals surface area contributed by atoms with Crippen molar-refractivity contribution >= 4 is 15.9 Å². The number of nitrogens with two attached hydrogens (primary N) is 1. The first-order valence-corrected chi connectivity index (χ1v) is 6.71. The van der Waals surface area contributed by atoms with E-state index in [1.807, 2.05) is 26.1 Å². The summed E-state index contributed by atoms with van der Waals surface area (Å²) < 4.78 is 15.8. The predicted molar refractivity (Wildman–Crippen MR) is 75.8 cm³/mol. The van der Waals surface area contributed by atoms with Crippen molar-refractivity contribution in [1.82, 2.24) is 15.2 Å². The second-order valence-electron chi connectivity index (χ2n) is 4.47. The fraction of sp³-hybridized carbons (Fsp3) is 0.308. The van der Waals surface area contributed by atoms with Crippen molar-refractivity contribution in [2.45, 2.75) is 19.4 Å². The van der Waals surface area contributed by atoms with Crippen LogP contribution in [0.2, 0.25) is 0 Å². The zero-order valence-electron chi connectivity index (χ0n) is 10.8. The van der Waals surface area contributed by atoms with E-state index in [4.69, 9.17) is 5.84 Å². The number of nitrogens with one attached hydrogen (secondary N) is 1. The van der Waals surface area contributed by atoms with Crippen LogP contribution in [-0.2, 0) is 13.5 Å². The molecule has 3 N–H and O–H groups in total. The van der Waals surface area contributed by atoms with E-state index < -0.39 is 0 Å². The molecule has 0 saturated heterocycles. The zero-order valence-corrected chi connectivity index (χ0v) is 12.4. The highest BCUT2D eigenvalue weighted by Crippen LogP contribution is 2.25. The molecule has 0 spiro atoms. The molecule has 1 heterocycles. The Bertz CT molecular complexity index is 563. The standard InChI is InChI=1S/C13H16BrFN4/c1-8-6-12(18-19(8)2)11(17-16)7-9-4-3-5-10(15)13(9)14/h3-6,11,17H,7,16H2,1-2H3. The van der Waals surface area contributed by atoms with Crippen LogP contribution in [0.1, 0.15) is 23.0 Å². The topological polar surface area (TPSA) is 55.9 Å². The molecule has 6 heteroatoms. The third-order valence-corrected chi connectivity index (χ3v) is 4.03. The monoisotopic (exact) mass is 326 g/mol. The Morgan fingerprint density at radius 2 is 2.26 bits per heavy atom. The van der Waals surface area contributed by atoms with Crippen LogP contribution >= 0.6 is 15.9 Å². The van der Waals surface area contributed by atoms with Gasteiger partial charge < -0.3 is 0 Å². The van der Waals surface area contributed by atoms with Crippen molar-refractivity contribution in [2.75, 3.05) is 0 Å². The molecule has 1 unspecified atom stereocenters. The first-order chi connectivity index (χ1) is 9.02. The van der Waals surface area contributed by atoms with E-state index in [0.717, 1.165) is 17.0 Å². The minimum Gasteiger partial charge on any atom is -0.273 e. The molecule has 0 aliphatic heterocycles. The molecular formula is C13H16BrFN4. The third kappa shape index (κ3) is 3.02. The van der Waals surface area contributed by atoms with E-state index in [-0.39, 0.29) is 11.9 Å². The summed E-state index contributed by atoms with van der Waals surface area (Å²) in [7, 11) is 1.88. The number of hydrogen-bond donors (Lipinski definition) is 2. The van der Waals surface area contributed by atoms with Gasteiger partial charge in [0.25, 0.3) is 0 Å². The van der Waals surface area contributed by atoms with Gasteiger partial charge in [-0.2, -0.15) is 5.10 Å². The molecule has 19 heavy (non-hydrogen) atoms. The van der Waals surface area contributed by atoms with Crippen LogP contribution in [0.15, 0.2) is 28.7 Å². The van der Waals surface area contributed by atoms with Gasteiger partial charge >= 0.3 is 0 Å². The van der Waals surface area contributed by atoms with Gasteiger partial charge in [-0.3, -0.25) is 16.0 Å². The van der Waals surface area contributed by atoms with Gasteiger partial charge in [-0.1, -0.05) is 12.1 Å². The minimum atomic E-state index is -0.273. The van der Waals surface area contributed by atoms with E-state index in [2.05, 4.69) is 26.5 Å². The lowest BCUT2D eigenvalue weighted by Crippen LogP contribution is -2.30. The second-order valence-corrected chi connectivity index (χ2v) is 5.26. The molecule has 0 fully saturated rings. The SMILES string of the molecule is Cc1cc(C(Cc2cccc(F)c2Br)NN)nn1C. The predicted octanol–water partition coefficient (Wildman–Crippen LogP) is 2.38. The molecule has 2 rings (SSSR count). The summed E-state index contributed by atoms with van der Waals surface area (Å²) in [5, 5.41) is 4.39. The molecule has 1 aromatic heterocycles. The van der Waals surface area contributed by atoms with Crippen molar-refractivity contribution in [1.29, 1.82) is 0 Å². The van der Waals surface area contributed by atoms with Crippen LogP contribution in [-0.4, -0.2) is 9.78 Å². The van der Waals surface area contributed by atoms with Crippen molar-refractivity contribution in [3.8, 4) is 0 Å². The average molecular weight is 327 g/mol. The van der Waals surface area contributed by atoms with Crippen molar-refractivity contribution in [3.63, 3.8) is 0 Å². The van der Waals surface area contributed by atoms with Crippen LogP contribution < -0.4 is 11.3 Å². The molecule has 0 bridgehead atoms. The van der Waals surface area contributed by atoms with Crippen molar-refractivity contribution in [2.24, 2.45) is 12.9 Å². The van der Waals surface area contributed by atoms with Gasteiger partial charge in [0.15, 0.2) is 0 Å². The Morgan fingerprint density at radius 3 is 2.84 bits per heavy atom. The highest BCUT2D eigenvalue weighted by Gasteiger charge is 2.17. The molecule has 2 aromatic rings. The van der Waals surface area contributed by atoms with Crippen molar-refractivity contribution in [3.05, 3.63) is 51.5 Å². The smallest absolute Gasteiger partial charge is 0.137 e. The lowest BCUT2D eigenvalue weighted by molar-refractivity contribution is 0.525. The summed E-state index contributed by atoms with van der Waals surface area (Å²) in [6.07, 6.45) is 0.561. The molecule has 1 aromatic carbocycles. The molecular weight excluding hydrogens is 311 g/mol. The summed E-state index contributed by atoms with van der Waals surface area (Å²) in [6.45, 7) is 1.97. The van der Waals surface area contributed by atoms with E-state index >= 15 is 0 Å². The lowest BCUT2D eigenvalue weighted by Gasteiger charge is -2.14. The number of hydrazine groups is 1. The Hall–Kier alpha value is -1.24. The Kier molecular flexibility index (Phi) is 4.34. The molecule has 0 aliphatic rings. The fourth-order valence-electron chi connectivity index (χ4n) is 1.93. The van der Waals surface area contributed by atoms with E-state index in [1.165, 1.54) is 6.07 Å². The maximum absolute atomic E-state index is 13.5. The summed E-state index contributed by atoms with van der Waals surface area (Å²) >= 11 is 3.26. The van der Waals surface area contributed by atoms with Crippen LogP contribution in [0.3, 0.4) is 0 Å². The molecule has 0 saturated carbocycles. The number of benzene rings is 1. The van der Waals surface area contributed by atoms with Crippen LogP contribution in [0, 0.1) is 12.7 Å². The zero-order chi connectivity index (χ0) is 14.0. The van der Waals surface area contributed by atoms with Gasteiger partial charge in [-0.25, -0.2) is 4.39 Å². The number of nitrogens with zero attached hydrogens (tertiary/aromatic N) is 2. The second kappa shape index (κ2) is 5.81. The number of aromatic nitrogens is 2. The largest absolute Gasteiger partial charge is 0.273 e. The average Bonchev–Trinajstić information content (AvgIpc) is 2.71. The molecule has 0 aliphatic carbocycles. The first-order valence-electron chi connectivity index (χ1n) is 5.92. The van der Waals surface area contributed by atoms with E-state index in [9.17, 15) is 4.39 Å². The number of rotatable bonds is 4. The highest BCUT2D eigenvalue weighted by molar-refractivity contribution is 9.10. The van der Waals surface area contributed by atoms with E-state index in [0.29, 0.717) is 10.9 Å². The summed E-state index contributed by atoms with van der Waals surface area (Å²) in [4.78, 5) is 0. The summed E-state index contributed by atoms with van der Waals surface area (Å²) in [6, 6.07) is 6.79. The van der Waals surface area contributed by atoms with E-state index in [1.54, 1.807) is 10.7 Å². The molecule has 0 radical (unpaired) electrons. The fourth-order valence-corrected chi connectivity index (χ4v) is 2.36. The number of halogens is 2. The molecule has 102 valence electrons. The third-order valence-electron chi connectivity index (χ3n) is 3.15. The van der Waals surface area contributed by atoms with Gasteiger partial charge in [0.05, 0.1) is 16.2 Å². The quantitative estimate of drug-likeness (QED) is 0.670. The maximum Gasteiger partial charge on any atom is 0.137 e. The molecule has 4 nitrogen and oxygen atoms in total. The normalized spacial score (nSPS) is 12.7. The highest BCUT2D eigenvalue weighted by atomic mass is 79.9. The maximum atomic E-state index is 13.5. The Labute approximate surface area is 119 Å². The first kappa shape index (κ1) is 14.2. The Balaban J connectivity index is 2.26. The molecule has 1 atom stereocenters. The molecule has 0 amide bonds. The number of aryl methyl sites for hydroxylation is 2. The van der Waals surface area contributed by atoms with Gasteiger partial charge in [-0.15, -0.1) is 0 Å². The summed E-state index contributed by atoms with van der Waals surface area (Å²) in [5.74, 6) is 5.32. The lowest BCUT2D eigenvalue weighted by atomic mass is 10.0. The van der Waals surface area contributed by atoms with Crippen LogP contribution in [0.5, 0.6) is 0 Å². The van der Waals surface area contributed by atoms with Gasteiger partial charge in [-0.05, 0) is 47.0 Å². The number of hydrogen-bond acceptors (Lipinski definition) is 3. The van der Waals surface area contributed by atoms with Crippen LogP contribution in [0.4, 0.5) is 4.39 Å².